The molecule has 1 saturated heterocycles. The Balaban J connectivity index is 2.31. The summed E-state index contributed by atoms with van der Waals surface area (Å²) in [6.45, 7) is 15.5. The van der Waals surface area contributed by atoms with Crippen LogP contribution >= 0.6 is 0 Å². The molecule has 0 spiro atoms. The molecule has 0 bridgehead atoms. The van der Waals surface area contributed by atoms with E-state index < -0.39 is 52.7 Å². The molecule has 37 heavy (non-hydrogen) atoms. The minimum absolute atomic E-state index is 0.0932. The van der Waals surface area contributed by atoms with Crippen LogP contribution in [0.15, 0.2) is 0 Å². The molecule has 5 amide bonds. The molecule has 210 valence electrons. The van der Waals surface area contributed by atoms with Crippen LogP contribution in [-0.2, 0) is 19.2 Å². The number of amides is 5. The Labute approximate surface area is 221 Å². The Morgan fingerprint density at radius 1 is 0.946 bits per heavy atom. The van der Waals surface area contributed by atoms with Gasteiger partial charge in [-0.05, 0) is 56.8 Å². The topological polar surface area (TPSA) is 151 Å². The van der Waals surface area contributed by atoms with Gasteiger partial charge in [-0.3, -0.25) is 19.2 Å². The van der Waals surface area contributed by atoms with Gasteiger partial charge in [-0.2, -0.15) is 0 Å². The number of hydrogen-bond acceptors (Lipinski definition) is 5. The third-order valence-electron chi connectivity index (χ3n) is 7.40. The van der Waals surface area contributed by atoms with Gasteiger partial charge in [0.2, 0.25) is 17.6 Å². The van der Waals surface area contributed by atoms with E-state index in [9.17, 15) is 24.0 Å². The summed E-state index contributed by atoms with van der Waals surface area (Å²) >= 11 is 0. The van der Waals surface area contributed by atoms with Crippen molar-refractivity contribution in [3.8, 4) is 0 Å². The van der Waals surface area contributed by atoms with Crippen LogP contribution in [0.3, 0.4) is 0 Å². The molecule has 1 aliphatic carbocycles. The molecule has 1 aliphatic heterocycles. The Morgan fingerprint density at radius 2 is 1.54 bits per heavy atom. The highest BCUT2D eigenvalue weighted by atomic mass is 16.2. The largest absolute Gasteiger partial charge is 0.363 e. The molecule has 0 aromatic heterocycles. The van der Waals surface area contributed by atoms with Gasteiger partial charge in [0, 0.05) is 12.1 Å². The van der Waals surface area contributed by atoms with E-state index in [0.717, 1.165) is 19.3 Å². The van der Waals surface area contributed by atoms with E-state index in [4.69, 9.17) is 5.73 Å². The van der Waals surface area contributed by atoms with Crippen LogP contribution < -0.4 is 21.7 Å². The molecule has 2 unspecified atom stereocenters. The van der Waals surface area contributed by atoms with Gasteiger partial charge in [0.25, 0.3) is 5.91 Å². The average Bonchev–Trinajstić information content (AvgIpc) is 3.16. The smallest absolute Gasteiger partial charge is 0.315 e. The molecular weight excluding hydrogens is 474 g/mol. The third kappa shape index (κ3) is 8.17. The molecular formula is C27H47N5O5. The van der Waals surface area contributed by atoms with Crippen molar-refractivity contribution in [2.75, 3.05) is 6.54 Å². The van der Waals surface area contributed by atoms with E-state index in [1.807, 2.05) is 55.4 Å². The number of nitrogens with zero attached hydrogens (tertiary/aromatic N) is 1. The van der Waals surface area contributed by atoms with Gasteiger partial charge < -0.3 is 26.6 Å². The van der Waals surface area contributed by atoms with Crippen LogP contribution in [0.5, 0.6) is 0 Å². The van der Waals surface area contributed by atoms with E-state index in [-0.39, 0.29) is 23.7 Å². The predicted octanol–water partition coefficient (Wildman–Crippen LogP) is 2.10. The Hall–Kier alpha value is -2.65. The summed E-state index contributed by atoms with van der Waals surface area (Å²) in [6, 6.07) is -3.17. The number of nitrogens with one attached hydrogen (secondary N) is 3. The fourth-order valence-electron chi connectivity index (χ4n) is 5.14. The number of likely N-dealkylation sites (tertiary alicyclic amines) is 1. The van der Waals surface area contributed by atoms with E-state index in [1.165, 1.54) is 4.90 Å². The van der Waals surface area contributed by atoms with Gasteiger partial charge in [0.15, 0.2) is 0 Å². The van der Waals surface area contributed by atoms with Gasteiger partial charge in [-0.15, -0.1) is 0 Å². The van der Waals surface area contributed by atoms with Crippen molar-refractivity contribution in [1.29, 1.82) is 0 Å². The van der Waals surface area contributed by atoms with Crippen LogP contribution in [0.4, 0.5) is 4.79 Å². The maximum Gasteiger partial charge on any atom is 0.315 e. The molecule has 0 aromatic rings. The van der Waals surface area contributed by atoms with Crippen molar-refractivity contribution in [3.63, 3.8) is 0 Å². The van der Waals surface area contributed by atoms with Crippen LogP contribution in [-0.4, -0.2) is 64.6 Å². The van der Waals surface area contributed by atoms with Crippen LogP contribution in [0.2, 0.25) is 0 Å². The molecule has 2 fully saturated rings. The minimum Gasteiger partial charge on any atom is -0.363 e. The zero-order valence-electron chi connectivity index (χ0n) is 23.8. The number of primary amides is 1. The summed E-state index contributed by atoms with van der Waals surface area (Å²) in [6.07, 6.45) is 3.91. The summed E-state index contributed by atoms with van der Waals surface area (Å²) < 4.78 is 0. The van der Waals surface area contributed by atoms with E-state index in [0.29, 0.717) is 19.4 Å². The molecule has 10 heteroatoms. The lowest BCUT2D eigenvalue weighted by Gasteiger charge is -2.37. The molecule has 0 radical (unpaired) electrons. The summed E-state index contributed by atoms with van der Waals surface area (Å²) in [5.74, 6) is -2.49. The van der Waals surface area contributed by atoms with Crippen molar-refractivity contribution in [2.45, 2.75) is 111 Å². The maximum atomic E-state index is 13.9. The van der Waals surface area contributed by atoms with Crippen molar-refractivity contribution < 1.29 is 24.0 Å². The zero-order valence-corrected chi connectivity index (χ0v) is 23.8. The first-order chi connectivity index (χ1) is 16.9. The molecule has 10 nitrogen and oxygen atoms in total. The molecule has 1 heterocycles. The maximum absolute atomic E-state index is 13.9. The lowest BCUT2D eigenvalue weighted by Crippen LogP contribution is -2.62. The summed E-state index contributed by atoms with van der Waals surface area (Å²) in [7, 11) is 0. The Bertz CT molecular complexity index is 885. The molecule has 5 N–H and O–H groups in total. The number of ketones is 1. The number of hydrogen-bond donors (Lipinski definition) is 4. The fraction of sp³-hybridized carbons (Fsp3) is 0.815. The first kappa shape index (κ1) is 30.6. The van der Waals surface area contributed by atoms with Gasteiger partial charge in [-0.25, -0.2) is 4.79 Å². The molecule has 2 aliphatic rings. The molecule has 0 aromatic carbocycles. The molecule has 1 saturated carbocycles. The monoisotopic (exact) mass is 521 g/mol. The normalized spacial score (nSPS) is 22.1. The number of rotatable bonds is 9. The quantitative estimate of drug-likeness (QED) is 0.343. The number of urea groups is 1. The van der Waals surface area contributed by atoms with Crippen molar-refractivity contribution in [2.24, 2.45) is 28.9 Å². The third-order valence-corrected chi connectivity index (χ3v) is 7.40. The first-order valence-corrected chi connectivity index (χ1v) is 13.5. The first-order valence-electron chi connectivity index (χ1n) is 13.5. The lowest BCUT2D eigenvalue weighted by atomic mass is 9.80. The van der Waals surface area contributed by atoms with Crippen LogP contribution in [0.1, 0.15) is 87.5 Å². The second kappa shape index (κ2) is 11.8. The van der Waals surface area contributed by atoms with E-state index >= 15 is 0 Å². The second-order valence-electron chi connectivity index (χ2n) is 13.1. The predicted molar refractivity (Wildman–Crippen MR) is 141 cm³/mol. The summed E-state index contributed by atoms with van der Waals surface area (Å²) in [5.41, 5.74) is 4.16. The highest BCUT2D eigenvalue weighted by molar-refractivity contribution is 6.37. The van der Waals surface area contributed by atoms with Crippen molar-refractivity contribution >= 4 is 29.5 Å². The van der Waals surface area contributed by atoms with Crippen molar-refractivity contribution in [3.05, 3.63) is 0 Å². The lowest BCUT2D eigenvalue weighted by molar-refractivity contribution is -0.144. The fourth-order valence-corrected chi connectivity index (χ4v) is 5.14. The second-order valence-corrected chi connectivity index (χ2v) is 13.1. The van der Waals surface area contributed by atoms with Crippen LogP contribution in [0.25, 0.3) is 0 Å². The average molecular weight is 522 g/mol. The summed E-state index contributed by atoms with van der Waals surface area (Å²) in [4.78, 5) is 66.0. The number of Topliss-reactive ketones (excluding diaryl/α,β-unsaturated/α-hetero) is 1. The van der Waals surface area contributed by atoms with Gasteiger partial charge in [0.1, 0.15) is 12.1 Å². The highest BCUT2D eigenvalue weighted by Gasteiger charge is 2.48. The SMILES string of the molecule is CC(C)C1CCN(C(=O)[C@@H](NC(=O)NC(C)(C)C)C(C)(C)C)[C@@H]1C(=O)NC(CC1CCC1)C(=O)C(N)=O. The van der Waals surface area contributed by atoms with E-state index in [1.54, 1.807) is 0 Å². The van der Waals surface area contributed by atoms with Crippen molar-refractivity contribution in [1.82, 2.24) is 20.9 Å². The van der Waals surface area contributed by atoms with Crippen LogP contribution in [0, 0.1) is 23.2 Å². The number of carbonyl (C=O) groups excluding carboxylic acids is 5. The Morgan fingerprint density at radius 3 is 1.97 bits per heavy atom. The number of carbonyl (C=O) groups is 5. The standard InChI is InChI=1S/C27H47N5O5/c1-15(2)17-12-13-32(24(36)21(26(3,4)5)30-25(37)31-27(6,7)8)19(17)23(35)29-18(20(33)22(28)34)14-16-10-9-11-16/h15-19,21H,9-14H2,1-8H3,(H2,28,34)(H,29,35)(H2,30,31,37)/t17?,18?,19-,21+/m0/s1. The highest BCUT2D eigenvalue weighted by Crippen LogP contribution is 2.34. The Kier molecular flexibility index (Phi) is 9.76. The number of nitrogens with two attached hydrogens (primary N) is 1. The van der Waals surface area contributed by atoms with E-state index in [2.05, 4.69) is 16.0 Å². The zero-order chi connectivity index (χ0) is 28.3. The molecule has 2 rings (SSSR count). The summed E-state index contributed by atoms with van der Waals surface area (Å²) in [5, 5.41) is 8.42. The van der Waals surface area contributed by atoms with Gasteiger partial charge >= 0.3 is 6.03 Å². The van der Waals surface area contributed by atoms with Gasteiger partial charge in [0.05, 0.1) is 6.04 Å². The van der Waals surface area contributed by atoms with Gasteiger partial charge in [-0.1, -0.05) is 53.9 Å². The molecule has 4 atom stereocenters. The minimum atomic E-state index is -1.08.